The van der Waals surface area contributed by atoms with Gasteiger partial charge >= 0.3 is 0 Å². The first-order valence-corrected chi connectivity index (χ1v) is 9.69. The van der Waals surface area contributed by atoms with Gasteiger partial charge in [-0.2, -0.15) is 0 Å². The molecule has 0 spiro atoms. The van der Waals surface area contributed by atoms with E-state index in [2.05, 4.69) is 39.6 Å². The highest BCUT2D eigenvalue weighted by molar-refractivity contribution is 7.98. The van der Waals surface area contributed by atoms with E-state index in [1.807, 2.05) is 13.2 Å². The highest BCUT2D eigenvalue weighted by atomic mass is 32.2. The molecule has 1 fully saturated rings. The Kier molecular flexibility index (Phi) is 5.56. The molecule has 1 N–H and O–H groups in total. The number of nitrogens with one attached hydrogen (secondary N) is 1. The fraction of sp³-hybridized carbons (Fsp3) is 0.368. The van der Waals surface area contributed by atoms with Crippen molar-refractivity contribution < 1.29 is 9.59 Å². The third-order valence-electron chi connectivity index (χ3n) is 4.56. The fourth-order valence-corrected chi connectivity index (χ4v) is 3.56. The van der Waals surface area contributed by atoms with E-state index in [-0.39, 0.29) is 23.8 Å². The molecule has 26 heavy (non-hydrogen) atoms. The van der Waals surface area contributed by atoms with Gasteiger partial charge in [0.2, 0.25) is 5.91 Å². The van der Waals surface area contributed by atoms with Crippen LogP contribution in [-0.4, -0.2) is 52.1 Å². The van der Waals surface area contributed by atoms with Crippen LogP contribution in [0.5, 0.6) is 0 Å². The topological polar surface area (TPSA) is 75.2 Å². The first-order chi connectivity index (χ1) is 12.5. The number of likely N-dealkylation sites (tertiary alicyclic amines) is 1. The standard InChI is InChI=1S/C19H22N4O2S/c1-12-4-6-14(7-5-12)16-10-23(11-17(16)22-13(2)24)18(25)15-8-20-19(26-3)21-9-15/h4-9,16-17H,10-11H2,1-3H3,(H,22,24)/t16-,17+/m0/s1. The van der Waals surface area contributed by atoms with Crippen LogP contribution in [0, 0.1) is 6.92 Å². The van der Waals surface area contributed by atoms with Crippen molar-refractivity contribution in [3.05, 3.63) is 53.3 Å². The van der Waals surface area contributed by atoms with Crippen LogP contribution in [0.3, 0.4) is 0 Å². The molecular formula is C19H22N4O2S. The summed E-state index contributed by atoms with van der Waals surface area (Å²) in [5.74, 6) is -0.133. The second kappa shape index (κ2) is 7.86. The Morgan fingerprint density at radius 3 is 2.38 bits per heavy atom. The maximum atomic E-state index is 12.8. The van der Waals surface area contributed by atoms with Gasteiger partial charge in [-0.25, -0.2) is 9.97 Å². The van der Waals surface area contributed by atoms with E-state index in [9.17, 15) is 9.59 Å². The Hall–Kier alpha value is -2.41. The number of benzene rings is 1. The van der Waals surface area contributed by atoms with Crippen molar-refractivity contribution in [2.24, 2.45) is 0 Å². The van der Waals surface area contributed by atoms with Crippen LogP contribution in [-0.2, 0) is 4.79 Å². The predicted octanol–water partition coefficient (Wildman–Crippen LogP) is 2.25. The van der Waals surface area contributed by atoms with E-state index < -0.39 is 0 Å². The summed E-state index contributed by atoms with van der Waals surface area (Å²) in [6, 6.07) is 8.14. The fourth-order valence-electron chi connectivity index (χ4n) is 3.24. The molecular weight excluding hydrogens is 348 g/mol. The number of carbonyl (C=O) groups excluding carboxylic acids is 2. The Balaban J connectivity index is 1.81. The van der Waals surface area contributed by atoms with Gasteiger partial charge in [0.1, 0.15) is 0 Å². The molecule has 2 atom stereocenters. The normalized spacial score (nSPS) is 19.4. The number of hydrogen-bond donors (Lipinski definition) is 1. The number of thioether (sulfide) groups is 1. The lowest BCUT2D eigenvalue weighted by Gasteiger charge is -2.19. The predicted molar refractivity (Wildman–Crippen MR) is 101 cm³/mol. The van der Waals surface area contributed by atoms with Crippen LogP contribution in [0.4, 0.5) is 0 Å². The van der Waals surface area contributed by atoms with Gasteiger partial charge in [0.05, 0.1) is 11.6 Å². The van der Waals surface area contributed by atoms with Crippen LogP contribution in [0.15, 0.2) is 41.8 Å². The van der Waals surface area contributed by atoms with E-state index in [1.165, 1.54) is 24.2 Å². The summed E-state index contributed by atoms with van der Waals surface area (Å²) in [4.78, 5) is 34.6. The molecule has 0 aliphatic carbocycles. The van der Waals surface area contributed by atoms with Crippen molar-refractivity contribution in [2.45, 2.75) is 31.0 Å². The van der Waals surface area contributed by atoms with Gasteiger partial charge in [0, 0.05) is 38.3 Å². The Morgan fingerprint density at radius 2 is 1.81 bits per heavy atom. The van der Waals surface area contributed by atoms with Gasteiger partial charge in [-0.1, -0.05) is 41.6 Å². The Bertz CT molecular complexity index is 792. The molecule has 1 saturated heterocycles. The van der Waals surface area contributed by atoms with E-state index in [0.717, 1.165) is 5.56 Å². The van der Waals surface area contributed by atoms with Gasteiger partial charge in [-0.3, -0.25) is 9.59 Å². The number of carbonyl (C=O) groups is 2. The van der Waals surface area contributed by atoms with E-state index in [0.29, 0.717) is 23.8 Å². The summed E-state index contributed by atoms with van der Waals surface area (Å²) in [6.45, 7) is 4.57. The van der Waals surface area contributed by atoms with Gasteiger partial charge < -0.3 is 10.2 Å². The van der Waals surface area contributed by atoms with Crippen LogP contribution < -0.4 is 5.32 Å². The zero-order chi connectivity index (χ0) is 18.7. The average molecular weight is 370 g/mol. The van der Waals surface area contributed by atoms with E-state index in [4.69, 9.17) is 0 Å². The molecule has 1 aliphatic heterocycles. The molecule has 0 bridgehead atoms. The zero-order valence-corrected chi connectivity index (χ0v) is 15.9. The van der Waals surface area contributed by atoms with E-state index >= 15 is 0 Å². The van der Waals surface area contributed by atoms with Crippen LogP contribution in [0.25, 0.3) is 0 Å². The maximum Gasteiger partial charge on any atom is 0.257 e. The average Bonchev–Trinajstić information content (AvgIpc) is 3.05. The van der Waals surface area contributed by atoms with E-state index in [1.54, 1.807) is 17.3 Å². The SMILES string of the molecule is CSc1ncc(C(=O)N2C[C@@H](NC(C)=O)[C@H](c3ccc(C)cc3)C2)cn1. The highest BCUT2D eigenvalue weighted by Gasteiger charge is 2.37. The number of aryl methyl sites for hydroxylation is 1. The number of rotatable bonds is 4. The van der Waals surface area contributed by atoms with Crippen LogP contribution in [0.2, 0.25) is 0 Å². The van der Waals surface area contributed by atoms with Gasteiger partial charge in [0.25, 0.3) is 5.91 Å². The second-order valence-electron chi connectivity index (χ2n) is 6.49. The van der Waals surface area contributed by atoms with Crippen molar-refractivity contribution in [1.29, 1.82) is 0 Å². The Morgan fingerprint density at radius 1 is 1.15 bits per heavy atom. The lowest BCUT2D eigenvalue weighted by molar-refractivity contribution is -0.119. The van der Waals surface area contributed by atoms with Gasteiger partial charge in [-0.05, 0) is 18.7 Å². The zero-order valence-electron chi connectivity index (χ0n) is 15.1. The van der Waals surface area contributed by atoms with Crippen LogP contribution >= 0.6 is 11.8 Å². The maximum absolute atomic E-state index is 12.8. The van der Waals surface area contributed by atoms with Crippen molar-refractivity contribution in [3.63, 3.8) is 0 Å². The Labute approximate surface area is 157 Å². The monoisotopic (exact) mass is 370 g/mol. The first kappa shape index (κ1) is 18.4. The summed E-state index contributed by atoms with van der Waals surface area (Å²) in [6.07, 6.45) is 5.02. The van der Waals surface area contributed by atoms with Gasteiger partial charge in [0.15, 0.2) is 5.16 Å². The highest BCUT2D eigenvalue weighted by Crippen LogP contribution is 2.29. The quantitative estimate of drug-likeness (QED) is 0.660. The molecule has 2 amide bonds. The number of hydrogen-bond acceptors (Lipinski definition) is 5. The van der Waals surface area contributed by atoms with Gasteiger partial charge in [-0.15, -0.1) is 0 Å². The summed E-state index contributed by atoms with van der Waals surface area (Å²) in [5, 5.41) is 3.63. The molecule has 7 heteroatoms. The molecule has 0 unspecified atom stereocenters. The number of aromatic nitrogens is 2. The first-order valence-electron chi connectivity index (χ1n) is 8.47. The molecule has 6 nitrogen and oxygen atoms in total. The number of amides is 2. The smallest absolute Gasteiger partial charge is 0.257 e. The summed E-state index contributed by atoms with van der Waals surface area (Å²) in [7, 11) is 0. The molecule has 0 saturated carbocycles. The third kappa shape index (κ3) is 4.04. The minimum Gasteiger partial charge on any atom is -0.351 e. The second-order valence-corrected chi connectivity index (χ2v) is 7.27. The minimum atomic E-state index is -0.109. The summed E-state index contributed by atoms with van der Waals surface area (Å²) >= 11 is 1.43. The molecule has 3 rings (SSSR count). The van der Waals surface area contributed by atoms with Crippen molar-refractivity contribution in [2.75, 3.05) is 19.3 Å². The van der Waals surface area contributed by atoms with Crippen molar-refractivity contribution in [1.82, 2.24) is 20.2 Å². The lowest BCUT2D eigenvalue weighted by atomic mass is 9.93. The number of nitrogens with zero attached hydrogens (tertiary/aromatic N) is 3. The third-order valence-corrected chi connectivity index (χ3v) is 5.13. The molecule has 1 aromatic carbocycles. The summed E-state index contributed by atoms with van der Waals surface area (Å²) < 4.78 is 0. The molecule has 2 aromatic rings. The largest absolute Gasteiger partial charge is 0.351 e. The molecule has 136 valence electrons. The molecule has 2 heterocycles. The summed E-state index contributed by atoms with van der Waals surface area (Å²) in [5.41, 5.74) is 2.77. The van der Waals surface area contributed by atoms with Crippen molar-refractivity contribution in [3.8, 4) is 0 Å². The molecule has 0 radical (unpaired) electrons. The minimum absolute atomic E-state index is 0.0647. The molecule has 1 aliphatic rings. The van der Waals surface area contributed by atoms with Crippen LogP contribution in [0.1, 0.15) is 34.3 Å². The molecule has 1 aromatic heterocycles. The lowest BCUT2D eigenvalue weighted by Crippen LogP contribution is -2.39. The van der Waals surface area contributed by atoms with Crippen molar-refractivity contribution >= 4 is 23.6 Å².